The van der Waals surface area contributed by atoms with Crippen molar-refractivity contribution in [3.8, 4) is 0 Å². The third kappa shape index (κ3) is 10.5. The van der Waals surface area contributed by atoms with E-state index in [1.54, 1.807) is 6.20 Å². The Morgan fingerprint density at radius 3 is 2.00 bits per heavy atom. The fraction of sp³-hybridized carbons (Fsp3) is 0.800. The van der Waals surface area contributed by atoms with Gasteiger partial charge < -0.3 is 9.30 Å². The molecule has 0 radical (unpaired) electrons. The summed E-state index contributed by atoms with van der Waals surface area (Å²) in [5, 5.41) is 0. The zero-order valence-electron chi connectivity index (χ0n) is 15.8. The van der Waals surface area contributed by atoms with Gasteiger partial charge in [0.2, 0.25) is 0 Å². The molecule has 0 unspecified atom stereocenters. The standard InChI is InChI=1S/C20H36N2O2/c1-3-4-5-6-7-8-9-10-11-12-13-14-17-24-20(23)18-19-21-15-16-22(19)2/h15-16H,3-14,17-18H2,1-2H3. The van der Waals surface area contributed by atoms with Gasteiger partial charge in [0.05, 0.1) is 6.61 Å². The lowest BCUT2D eigenvalue weighted by molar-refractivity contribution is -0.143. The Morgan fingerprint density at radius 1 is 0.958 bits per heavy atom. The van der Waals surface area contributed by atoms with Crippen LogP contribution in [0.2, 0.25) is 0 Å². The first kappa shape index (κ1) is 20.7. The van der Waals surface area contributed by atoms with Crippen LogP contribution in [0.15, 0.2) is 12.4 Å². The van der Waals surface area contributed by atoms with Crippen LogP contribution < -0.4 is 0 Å². The van der Waals surface area contributed by atoms with Crippen LogP contribution in [0, 0.1) is 0 Å². The summed E-state index contributed by atoms with van der Waals surface area (Å²) in [6.45, 7) is 2.81. The zero-order valence-corrected chi connectivity index (χ0v) is 15.8. The topological polar surface area (TPSA) is 44.1 Å². The number of imidazole rings is 1. The summed E-state index contributed by atoms with van der Waals surface area (Å²) in [6, 6.07) is 0. The summed E-state index contributed by atoms with van der Waals surface area (Å²) in [5.74, 6) is 0.585. The molecule has 1 heterocycles. The quantitative estimate of drug-likeness (QED) is 0.326. The first-order valence-electron chi connectivity index (χ1n) is 9.86. The highest BCUT2D eigenvalue weighted by Gasteiger charge is 2.08. The van der Waals surface area contributed by atoms with Crippen molar-refractivity contribution < 1.29 is 9.53 Å². The maximum absolute atomic E-state index is 11.7. The van der Waals surface area contributed by atoms with Gasteiger partial charge in [-0.2, -0.15) is 0 Å². The van der Waals surface area contributed by atoms with Crippen molar-refractivity contribution in [2.24, 2.45) is 7.05 Å². The van der Waals surface area contributed by atoms with Crippen LogP contribution in [0.25, 0.3) is 0 Å². The van der Waals surface area contributed by atoms with Gasteiger partial charge >= 0.3 is 5.97 Å². The fourth-order valence-corrected chi connectivity index (χ4v) is 2.88. The molecule has 0 saturated carbocycles. The first-order valence-corrected chi connectivity index (χ1v) is 9.86. The minimum atomic E-state index is -0.174. The van der Waals surface area contributed by atoms with Crippen molar-refractivity contribution in [2.75, 3.05) is 6.61 Å². The second kappa shape index (κ2) is 14.1. The van der Waals surface area contributed by atoms with Gasteiger partial charge in [0, 0.05) is 19.4 Å². The molecule has 0 aliphatic carbocycles. The molecular weight excluding hydrogens is 300 g/mol. The van der Waals surface area contributed by atoms with Crippen molar-refractivity contribution in [2.45, 2.75) is 90.4 Å². The predicted molar refractivity (Wildman–Crippen MR) is 98.9 cm³/mol. The molecule has 0 N–H and O–H groups in total. The van der Waals surface area contributed by atoms with Crippen molar-refractivity contribution in [3.63, 3.8) is 0 Å². The fourth-order valence-electron chi connectivity index (χ4n) is 2.88. The van der Waals surface area contributed by atoms with Crippen molar-refractivity contribution in [1.29, 1.82) is 0 Å². The second-order valence-corrected chi connectivity index (χ2v) is 6.74. The number of nitrogens with zero attached hydrogens (tertiary/aromatic N) is 2. The van der Waals surface area contributed by atoms with Gasteiger partial charge in [0.1, 0.15) is 12.2 Å². The van der Waals surface area contributed by atoms with Crippen molar-refractivity contribution in [3.05, 3.63) is 18.2 Å². The lowest BCUT2D eigenvalue weighted by Crippen LogP contribution is -2.12. The molecule has 0 aliphatic rings. The number of aryl methyl sites for hydroxylation is 1. The van der Waals surface area contributed by atoms with Gasteiger partial charge in [0.15, 0.2) is 0 Å². The molecule has 24 heavy (non-hydrogen) atoms. The second-order valence-electron chi connectivity index (χ2n) is 6.74. The predicted octanol–water partition coefficient (Wildman–Crippen LogP) is 5.21. The van der Waals surface area contributed by atoms with Crippen molar-refractivity contribution in [1.82, 2.24) is 9.55 Å². The highest BCUT2D eigenvalue weighted by Crippen LogP contribution is 2.12. The summed E-state index contributed by atoms with van der Waals surface area (Å²) in [6.07, 6.45) is 19.6. The van der Waals surface area contributed by atoms with E-state index in [2.05, 4.69) is 11.9 Å². The lowest BCUT2D eigenvalue weighted by atomic mass is 10.1. The Labute approximate surface area is 148 Å². The maximum atomic E-state index is 11.7. The van der Waals surface area contributed by atoms with E-state index >= 15 is 0 Å². The molecule has 4 heteroatoms. The normalized spacial score (nSPS) is 10.9. The number of rotatable bonds is 15. The van der Waals surface area contributed by atoms with E-state index in [0.29, 0.717) is 6.61 Å². The summed E-state index contributed by atoms with van der Waals surface area (Å²) in [4.78, 5) is 15.8. The zero-order chi connectivity index (χ0) is 17.5. The molecular formula is C20H36N2O2. The Bertz CT molecular complexity index is 429. The number of aromatic nitrogens is 2. The van der Waals surface area contributed by atoms with Crippen LogP contribution in [0.1, 0.15) is 89.8 Å². The Morgan fingerprint density at radius 2 is 1.50 bits per heavy atom. The van der Waals surface area contributed by atoms with E-state index in [1.807, 2.05) is 17.8 Å². The number of hydrogen-bond donors (Lipinski definition) is 0. The van der Waals surface area contributed by atoms with E-state index in [9.17, 15) is 4.79 Å². The summed E-state index contributed by atoms with van der Waals surface area (Å²) >= 11 is 0. The maximum Gasteiger partial charge on any atom is 0.313 e. The monoisotopic (exact) mass is 336 g/mol. The number of unbranched alkanes of at least 4 members (excludes halogenated alkanes) is 11. The molecule has 0 fully saturated rings. The molecule has 0 saturated heterocycles. The third-order valence-corrected chi connectivity index (χ3v) is 4.48. The summed E-state index contributed by atoms with van der Waals surface area (Å²) in [5.41, 5.74) is 0. The Hall–Kier alpha value is -1.32. The highest BCUT2D eigenvalue weighted by molar-refractivity contribution is 5.71. The minimum absolute atomic E-state index is 0.174. The molecule has 4 nitrogen and oxygen atoms in total. The molecule has 0 aromatic carbocycles. The minimum Gasteiger partial charge on any atom is -0.465 e. The van der Waals surface area contributed by atoms with E-state index < -0.39 is 0 Å². The van der Waals surface area contributed by atoms with Crippen molar-refractivity contribution >= 4 is 5.97 Å². The molecule has 0 atom stereocenters. The first-order chi connectivity index (χ1) is 11.7. The van der Waals surface area contributed by atoms with Gasteiger partial charge in [-0.25, -0.2) is 4.98 Å². The number of ether oxygens (including phenoxy) is 1. The SMILES string of the molecule is CCCCCCCCCCCCCCOC(=O)Cc1nccn1C. The van der Waals surface area contributed by atoms with Gasteiger partial charge in [-0.1, -0.05) is 77.6 Å². The molecule has 0 bridgehead atoms. The van der Waals surface area contributed by atoms with Crippen LogP contribution in [0.4, 0.5) is 0 Å². The van der Waals surface area contributed by atoms with Crippen LogP contribution >= 0.6 is 0 Å². The van der Waals surface area contributed by atoms with Crippen LogP contribution in [-0.4, -0.2) is 22.1 Å². The van der Waals surface area contributed by atoms with Gasteiger partial charge in [-0.3, -0.25) is 4.79 Å². The molecule has 0 aliphatic heterocycles. The van der Waals surface area contributed by atoms with Crippen LogP contribution in [-0.2, 0) is 23.0 Å². The largest absolute Gasteiger partial charge is 0.465 e. The summed E-state index contributed by atoms with van der Waals surface area (Å²) < 4.78 is 7.12. The molecule has 1 aromatic heterocycles. The van der Waals surface area contributed by atoms with Gasteiger partial charge in [-0.05, 0) is 6.42 Å². The van der Waals surface area contributed by atoms with Gasteiger partial charge in [-0.15, -0.1) is 0 Å². The van der Waals surface area contributed by atoms with E-state index in [4.69, 9.17) is 4.74 Å². The smallest absolute Gasteiger partial charge is 0.313 e. The molecule has 1 rings (SSSR count). The number of carbonyl (C=O) groups excluding carboxylic acids is 1. The molecule has 0 amide bonds. The Balaban J connectivity index is 1.82. The van der Waals surface area contributed by atoms with E-state index in [1.165, 1.54) is 64.2 Å². The summed E-state index contributed by atoms with van der Waals surface area (Å²) in [7, 11) is 1.89. The number of hydrogen-bond acceptors (Lipinski definition) is 3. The van der Waals surface area contributed by atoms with Gasteiger partial charge in [0.25, 0.3) is 0 Å². The Kier molecular flexibility index (Phi) is 12.1. The van der Waals surface area contributed by atoms with E-state index in [-0.39, 0.29) is 12.4 Å². The molecule has 1 aromatic rings. The molecule has 138 valence electrons. The van der Waals surface area contributed by atoms with Crippen LogP contribution in [0.3, 0.4) is 0 Å². The number of esters is 1. The lowest BCUT2D eigenvalue weighted by Gasteiger charge is -2.05. The number of carbonyl (C=O) groups is 1. The van der Waals surface area contributed by atoms with E-state index in [0.717, 1.165) is 18.7 Å². The highest BCUT2D eigenvalue weighted by atomic mass is 16.5. The molecule has 0 spiro atoms. The third-order valence-electron chi connectivity index (χ3n) is 4.48. The van der Waals surface area contributed by atoms with Crippen LogP contribution in [0.5, 0.6) is 0 Å². The average Bonchev–Trinajstić information content (AvgIpc) is 2.97. The average molecular weight is 337 g/mol.